The zero-order chi connectivity index (χ0) is 29.0. The third-order valence-electron chi connectivity index (χ3n) is 8.16. The van der Waals surface area contributed by atoms with Gasteiger partial charge in [-0.05, 0) is 45.5 Å². The molecule has 0 atom stereocenters. The van der Waals surface area contributed by atoms with Gasteiger partial charge in [0.2, 0.25) is 0 Å². The highest BCUT2D eigenvalue weighted by atomic mass is 79.9. The zero-order valence-electron chi connectivity index (χ0n) is 24.2. The molecule has 4 aromatic carbocycles. The van der Waals surface area contributed by atoms with Crippen LogP contribution in [0.2, 0.25) is 0 Å². The molecule has 2 heterocycles. The number of ether oxygens (including phenoxy) is 6. The molecule has 0 amide bonds. The summed E-state index contributed by atoms with van der Waals surface area (Å²) in [7, 11) is 0. The van der Waals surface area contributed by atoms with Crippen LogP contribution in [-0.4, -0.2) is 52.9 Å². The van der Waals surface area contributed by atoms with Crippen LogP contribution in [0.3, 0.4) is 0 Å². The summed E-state index contributed by atoms with van der Waals surface area (Å²) in [4.78, 5) is 0. The number of benzene rings is 4. The van der Waals surface area contributed by atoms with Crippen LogP contribution in [0.4, 0.5) is 0 Å². The second kappa shape index (κ2) is 13.0. The molecule has 1 aliphatic carbocycles. The van der Waals surface area contributed by atoms with Crippen LogP contribution in [0.1, 0.15) is 44.5 Å². The lowest BCUT2D eigenvalue weighted by atomic mass is 9.91. The van der Waals surface area contributed by atoms with Crippen molar-refractivity contribution in [2.75, 3.05) is 52.9 Å². The van der Waals surface area contributed by atoms with Gasteiger partial charge in [0.05, 0.1) is 26.4 Å². The van der Waals surface area contributed by atoms with Gasteiger partial charge in [0.25, 0.3) is 0 Å². The van der Waals surface area contributed by atoms with Crippen molar-refractivity contribution in [2.45, 2.75) is 25.7 Å². The van der Waals surface area contributed by atoms with Crippen LogP contribution in [0.5, 0.6) is 23.0 Å². The lowest BCUT2D eigenvalue weighted by Crippen LogP contribution is -2.17. The third kappa shape index (κ3) is 6.26. The van der Waals surface area contributed by atoms with Crippen LogP contribution in [0, 0.1) is 0 Å². The Balaban J connectivity index is 1.48. The minimum Gasteiger partial charge on any atom is -0.491 e. The molecular weight excluding hydrogens is 608 g/mol. The monoisotopic (exact) mass is 642 g/mol. The van der Waals surface area contributed by atoms with Crippen LogP contribution < -0.4 is 18.9 Å². The van der Waals surface area contributed by atoms with Gasteiger partial charge in [-0.15, -0.1) is 0 Å². The molecule has 3 aliphatic rings. The second-order valence-electron chi connectivity index (χ2n) is 11.1. The largest absolute Gasteiger partial charge is 0.491 e. The number of para-hydroxylation sites is 3. The zero-order valence-corrected chi connectivity index (χ0v) is 25.7. The number of halogens is 1. The van der Waals surface area contributed by atoms with Gasteiger partial charge in [0.1, 0.15) is 49.4 Å². The van der Waals surface area contributed by atoms with Crippen molar-refractivity contribution >= 4 is 15.9 Å². The van der Waals surface area contributed by atoms with Crippen LogP contribution >= 0.6 is 15.9 Å². The molecule has 0 fully saturated rings. The molecule has 6 nitrogen and oxygen atoms in total. The van der Waals surface area contributed by atoms with Crippen molar-refractivity contribution in [3.05, 3.63) is 116 Å². The minimum absolute atomic E-state index is 0.465. The molecule has 12 bridgehead atoms. The van der Waals surface area contributed by atoms with Crippen molar-refractivity contribution < 1.29 is 28.4 Å². The first-order valence-corrected chi connectivity index (χ1v) is 15.8. The fraction of sp³-hybridized carbons (Fsp3) is 0.333. The number of rotatable bonds is 0. The maximum absolute atomic E-state index is 6.52. The quantitative estimate of drug-likeness (QED) is 0.187. The van der Waals surface area contributed by atoms with Crippen LogP contribution in [0.15, 0.2) is 71.2 Å². The van der Waals surface area contributed by atoms with E-state index in [1.165, 1.54) is 0 Å². The average Bonchev–Trinajstić information content (AvgIpc) is 2.98. The summed E-state index contributed by atoms with van der Waals surface area (Å²) in [6.07, 6.45) is 2.70. The Bertz CT molecular complexity index is 1610. The molecular formula is C36H35BrO6. The van der Waals surface area contributed by atoms with E-state index in [1.54, 1.807) is 0 Å². The first kappa shape index (κ1) is 28.3. The van der Waals surface area contributed by atoms with E-state index in [1.807, 2.05) is 0 Å². The van der Waals surface area contributed by atoms with Crippen LogP contribution in [-0.2, 0) is 35.2 Å². The van der Waals surface area contributed by atoms with Crippen molar-refractivity contribution in [3.63, 3.8) is 0 Å². The minimum atomic E-state index is 0.465. The molecule has 0 unspecified atom stereocenters. The Hall–Kier alpha value is -3.52. The molecule has 0 spiro atoms. The summed E-state index contributed by atoms with van der Waals surface area (Å²) in [5, 5.41) is 0. The van der Waals surface area contributed by atoms with Gasteiger partial charge in [0.15, 0.2) is 0 Å². The second-order valence-corrected chi connectivity index (χ2v) is 12.0. The third-order valence-corrected chi connectivity index (χ3v) is 8.62. The summed E-state index contributed by atoms with van der Waals surface area (Å²) in [6.45, 7) is 3.86. The maximum Gasteiger partial charge on any atom is 0.126 e. The summed E-state index contributed by atoms with van der Waals surface area (Å²) in [5.74, 6) is 3.61. The molecule has 0 aromatic heterocycles. The highest BCUT2D eigenvalue weighted by Crippen LogP contribution is 2.40. The van der Waals surface area contributed by atoms with Gasteiger partial charge in [-0.25, -0.2) is 0 Å². The summed E-state index contributed by atoms with van der Waals surface area (Å²) >= 11 is 3.81. The van der Waals surface area contributed by atoms with Gasteiger partial charge in [-0.3, -0.25) is 0 Å². The van der Waals surface area contributed by atoms with Gasteiger partial charge >= 0.3 is 0 Å². The Kier molecular flexibility index (Phi) is 8.55. The van der Waals surface area contributed by atoms with Crippen LogP contribution in [0.25, 0.3) is 0 Å². The van der Waals surface area contributed by atoms with Gasteiger partial charge in [-0.2, -0.15) is 0 Å². The Labute approximate surface area is 261 Å². The normalized spacial score (nSPS) is 16.9. The SMILES string of the molecule is Brc1cc2c3c(c1)Cc1cccc(c1OCCOCCO3)Cc1cccc3c1OCCOCCOc1c(cccc1C2)C3. The molecule has 7 heteroatoms. The number of hydrogen-bond donors (Lipinski definition) is 0. The molecule has 0 N–H and O–H groups in total. The Morgan fingerprint density at radius 1 is 0.372 bits per heavy atom. The first-order valence-electron chi connectivity index (χ1n) is 15.0. The van der Waals surface area contributed by atoms with E-state index in [4.69, 9.17) is 28.4 Å². The number of hydrogen-bond acceptors (Lipinski definition) is 6. The average molecular weight is 644 g/mol. The van der Waals surface area contributed by atoms with E-state index in [0.717, 1.165) is 72.0 Å². The summed E-state index contributed by atoms with van der Waals surface area (Å²) in [5.41, 5.74) is 8.91. The van der Waals surface area contributed by atoms with Crippen molar-refractivity contribution in [1.82, 2.24) is 0 Å². The van der Waals surface area contributed by atoms with E-state index in [9.17, 15) is 0 Å². The topological polar surface area (TPSA) is 55.4 Å². The predicted octanol–water partition coefficient (Wildman–Crippen LogP) is 6.70. The predicted molar refractivity (Wildman–Crippen MR) is 168 cm³/mol. The van der Waals surface area contributed by atoms with E-state index < -0.39 is 0 Å². The van der Waals surface area contributed by atoms with E-state index >= 15 is 0 Å². The summed E-state index contributed by atoms with van der Waals surface area (Å²) in [6, 6.07) is 23.7. The van der Waals surface area contributed by atoms with Crippen molar-refractivity contribution in [1.29, 1.82) is 0 Å². The lowest BCUT2D eigenvalue weighted by Gasteiger charge is -2.24. The van der Waals surface area contributed by atoms with E-state index in [0.29, 0.717) is 78.5 Å². The highest BCUT2D eigenvalue weighted by molar-refractivity contribution is 9.10. The highest BCUT2D eigenvalue weighted by Gasteiger charge is 2.22. The molecule has 4 aromatic rings. The fourth-order valence-corrected chi connectivity index (χ4v) is 6.85. The van der Waals surface area contributed by atoms with Gasteiger partial charge < -0.3 is 28.4 Å². The summed E-state index contributed by atoms with van der Waals surface area (Å²) < 4.78 is 38.9. The van der Waals surface area contributed by atoms with E-state index in [-0.39, 0.29) is 0 Å². The van der Waals surface area contributed by atoms with Crippen molar-refractivity contribution in [3.8, 4) is 23.0 Å². The van der Waals surface area contributed by atoms with E-state index in [2.05, 4.69) is 82.7 Å². The van der Waals surface area contributed by atoms with Gasteiger partial charge in [-0.1, -0.05) is 70.5 Å². The molecule has 2 aliphatic heterocycles. The first-order chi connectivity index (χ1) is 21.2. The smallest absolute Gasteiger partial charge is 0.126 e. The molecule has 0 radical (unpaired) electrons. The maximum atomic E-state index is 6.52. The molecule has 0 saturated carbocycles. The molecule has 7 rings (SSSR count). The van der Waals surface area contributed by atoms with Crippen molar-refractivity contribution in [2.24, 2.45) is 0 Å². The molecule has 222 valence electrons. The lowest BCUT2D eigenvalue weighted by molar-refractivity contribution is 0.0744. The standard InChI is InChI=1S/C36H35BrO6/c37-32-22-30-20-28-8-2-6-26-18-24-4-1-5-25(33(24)40-14-10-38-11-15-41-34(26)28)19-27-7-3-9-29-21-31(23-32)36(30)43-17-13-39-12-16-42-35(27)29/h1-9,22-23H,10-21H2. The fourth-order valence-electron chi connectivity index (χ4n) is 6.30. The Morgan fingerprint density at radius 3 is 0.977 bits per heavy atom. The Morgan fingerprint density at radius 2 is 0.651 bits per heavy atom. The molecule has 0 saturated heterocycles. The van der Waals surface area contributed by atoms with Gasteiger partial charge in [0, 0.05) is 41.3 Å². The molecule has 43 heavy (non-hydrogen) atoms.